The molecule has 5 heteroatoms. The fraction of sp³-hybridized carbons (Fsp3) is 0.462. The number of hydrogen-bond donors (Lipinski definition) is 2. The molecule has 1 unspecified atom stereocenters. The highest BCUT2D eigenvalue weighted by atomic mass is 79.9. The average Bonchev–Trinajstić information content (AvgIpc) is 3.09. The maximum atomic E-state index is 14.0. The Bertz CT molecular complexity index is 476. The van der Waals surface area contributed by atoms with Gasteiger partial charge in [-0.25, -0.2) is 4.39 Å². The summed E-state index contributed by atoms with van der Waals surface area (Å²) in [5.41, 5.74) is 4.57. The molecule has 0 saturated heterocycles. The van der Waals surface area contributed by atoms with Crippen LogP contribution in [-0.4, -0.2) is 12.5 Å². The monoisotopic (exact) mass is 314 g/mol. The number of halogens is 2. The Morgan fingerprint density at radius 1 is 1.61 bits per heavy atom. The third-order valence-corrected chi connectivity index (χ3v) is 3.90. The Hall–Kier alpha value is -0.940. The number of nitrogens with two attached hydrogens (primary N) is 1. The Kier molecular flexibility index (Phi) is 3.73. The summed E-state index contributed by atoms with van der Waals surface area (Å²) in [7, 11) is 0. The van der Waals surface area contributed by atoms with Crippen LogP contribution in [0, 0.1) is 11.7 Å². The summed E-state index contributed by atoms with van der Waals surface area (Å²) in [5.74, 6) is -0.416. The molecule has 1 fully saturated rings. The fourth-order valence-electron chi connectivity index (χ4n) is 1.88. The van der Waals surface area contributed by atoms with Gasteiger partial charge in [0.2, 0.25) is 5.91 Å². The van der Waals surface area contributed by atoms with E-state index in [4.69, 9.17) is 5.73 Å². The minimum atomic E-state index is -1.16. The second kappa shape index (κ2) is 4.97. The molecule has 2 rings (SSSR count). The molecule has 0 spiro atoms. The molecule has 3 nitrogen and oxygen atoms in total. The van der Waals surface area contributed by atoms with Crippen molar-refractivity contribution in [2.24, 2.45) is 11.7 Å². The van der Waals surface area contributed by atoms with Crippen LogP contribution in [0.1, 0.15) is 25.3 Å². The lowest BCUT2D eigenvalue weighted by Crippen LogP contribution is -2.51. The van der Waals surface area contributed by atoms with Crippen molar-refractivity contribution in [3.63, 3.8) is 0 Å². The molecule has 1 amide bonds. The van der Waals surface area contributed by atoms with Crippen molar-refractivity contribution in [2.45, 2.75) is 25.3 Å². The number of nitrogens with one attached hydrogen (secondary N) is 1. The number of amides is 1. The average molecular weight is 315 g/mol. The molecule has 1 aromatic carbocycles. The molecular weight excluding hydrogens is 299 g/mol. The maximum absolute atomic E-state index is 14.0. The highest BCUT2D eigenvalue weighted by Crippen LogP contribution is 2.31. The van der Waals surface area contributed by atoms with Gasteiger partial charge in [-0.1, -0.05) is 22.0 Å². The van der Waals surface area contributed by atoms with Crippen molar-refractivity contribution in [3.05, 3.63) is 34.1 Å². The van der Waals surface area contributed by atoms with E-state index in [1.165, 1.54) is 6.07 Å². The summed E-state index contributed by atoms with van der Waals surface area (Å²) < 4.78 is 14.6. The first-order chi connectivity index (χ1) is 8.43. The molecule has 0 radical (unpaired) electrons. The van der Waals surface area contributed by atoms with Gasteiger partial charge < -0.3 is 5.73 Å². The van der Waals surface area contributed by atoms with Crippen LogP contribution in [0.15, 0.2) is 22.7 Å². The van der Waals surface area contributed by atoms with Crippen LogP contribution in [0.5, 0.6) is 0 Å². The lowest BCUT2D eigenvalue weighted by molar-refractivity contribution is -0.124. The first-order valence-corrected chi connectivity index (χ1v) is 6.73. The molecular formula is C13H16BrFN2O. The second-order valence-corrected chi connectivity index (χ2v) is 5.85. The van der Waals surface area contributed by atoms with E-state index in [-0.39, 0.29) is 0 Å². The summed E-state index contributed by atoms with van der Waals surface area (Å²) in [6.45, 7) is 2.32. The molecule has 3 N–H and O–H groups in total. The molecule has 0 aromatic heterocycles. The summed E-state index contributed by atoms with van der Waals surface area (Å²) in [6, 6.07) is 4.64. The van der Waals surface area contributed by atoms with Crippen molar-refractivity contribution in [3.8, 4) is 0 Å². The van der Waals surface area contributed by atoms with Crippen molar-refractivity contribution in [1.29, 1.82) is 0 Å². The van der Waals surface area contributed by atoms with E-state index in [1.54, 1.807) is 19.1 Å². The normalized spacial score (nSPS) is 18.4. The SMILES string of the molecule is CC(NCC1CC1)(C(N)=O)c1ccc(Br)cc1F. The van der Waals surface area contributed by atoms with Crippen molar-refractivity contribution in [1.82, 2.24) is 5.32 Å². The third kappa shape index (κ3) is 2.72. The van der Waals surface area contributed by atoms with Crippen molar-refractivity contribution < 1.29 is 9.18 Å². The van der Waals surface area contributed by atoms with Gasteiger partial charge in [-0.3, -0.25) is 10.1 Å². The van der Waals surface area contributed by atoms with Gasteiger partial charge in [0, 0.05) is 10.0 Å². The first-order valence-electron chi connectivity index (χ1n) is 5.94. The molecule has 1 aliphatic carbocycles. The van der Waals surface area contributed by atoms with Crippen molar-refractivity contribution in [2.75, 3.05) is 6.54 Å². The maximum Gasteiger partial charge on any atom is 0.242 e. The molecule has 0 bridgehead atoms. The molecule has 18 heavy (non-hydrogen) atoms. The number of rotatable bonds is 5. The van der Waals surface area contributed by atoms with Crippen LogP contribution < -0.4 is 11.1 Å². The van der Waals surface area contributed by atoms with Crippen molar-refractivity contribution >= 4 is 21.8 Å². The van der Waals surface area contributed by atoms with Crippen LogP contribution in [0.2, 0.25) is 0 Å². The van der Waals surface area contributed by atoms with Crippen LogP contribution in [-0.2, 0) is 10.3 Å². The zero-order valence-corrected chi connectivity index (χ0v) is 11.8. The number of carbonyl (C=O) groups excluding carboxylic acids is 1. The van der Waals surface area contributed by atoms with E-state index in [0.717, 1.165) is 12.8 Å². The smallest absolute Gasteiger partial charge is 0.242 e. The molecule has 1 aromatic rings. The zero-order valence-electron chi connectivity index (χ0n) is 10.2. The van der Waals surface area contributed by atoms with E-state index in [0.29, 0.717) is 22.5 Å². The Morgan fingerprint density at radius 2 is 2.28 bits per heavy atom. The van der Waals surface area contributed by atoms with Crippen LogP contribution in [0.3, 0.4) is 0 Å². The van der Waals surface area contributed by atoms with Gasteiger partial charge in [0.05, 0.1) is 0 Å². The molecule has 1 atom stereocenters. The summed E-state index contributed by atoms with van der Waals surface area (Å²) in [6.07, 6.45) is 2.31. The van der Waals surface area contributed by atoms with Gasteiger partial charge in [-0.05, 0) is 44.4 Å². The number of benzene rings is 1. The lowest BCUT2D eigenvalue weighted by atomic mass is 9.90. The topological polar surface area (TPSA) is 55.1 Å². The quantitative estimate of drug-likeness (QED) is 0.876. The summed E-state index contributed by atoms with van der Waals surface area (Å²) in [5, 5.41) is 3.10. The van der Waals surface area contributed by atoms with Crippen LogP contribution in [0.4, 0.5) is 4.39 Å². The largest absolute Gasteiger partial charge is 0.368 e. The van der Waals surface area contributed by atoms with Gasteiger partial charge in [0.1, 0.15) is 11.4 Å². The van der Waals surface area contributed by atoms with Gasteiger partial charge in [-0.2, -0.15) is 0 Å². The fourth-order valence-corrected chi connectivity index (χ4v) is 2.21. The summed E-state index contributed by atoms with van der Waals surface area (Å²) >= 11 is 3.20. The number of hydrogen-bond acceptors (Lipinski definition) is 2. The highest BCUT2D eigenvalue weighted by molar-refractivity contribution is 9.10. The minimum absolute atomic E-state index is 0.291. The Labute approximate surface area is 114 Å². The van der Waals surface area contributed by atoms with Gasteiger partial charge in [-0.15, -0.1) is 0 Å². The lowest BCUT2D eigenvalue weighted by Gasteiger charge is -2.28. The van der Waals surface area contributed by atoms with Gasteiger partial charge >= 0.3 is 0 Å². The zero-order chi connectivity index (χ0) is 13.3. The number of primary amides is 1. The van der Waals surface area contributed by atoms with Crippen LogP contribution in [0.25, 0.3) is 0 Å². The Balaban J connectivity index is 2.29. The third-order valence-electron chi connectivity index (χ3n) is 3.40. The number of carbonyl (C=O) groups is 1. The predicted molar refractivity (Wildman–Crippen MR) is 71.4 cm³/mol. The van der Waals surface area contributed by atoms with Gasteiger partial charge in [0.25, 0.3) is 0 Å². The van der Waals surface area contributed by atoms with E-state index >= 15 is 0 Å². The van der Waals surface area contributed by atoms with Gasteiger partial charge in [0.15, 0.2) is 0 Å². The molecule has 1 saturated carbocycles. The van der Waals surface area contributed by atoms with Crippen LogP contribution >= 0.6 is 15.9 Å². The molecule has 0 aliphatic heterocycles. The minimum Gasteiger partial charge on any atom is -0.368 e. The van der Waals surface area contributed by atoms with E-state index < -0.39 is 17.3 Å². The summed E-state index contributed by atoms with van der Waals surface area (Å²) in [4.78, 5) is 11.7. The standard InChI is InChI=1S/C13H16BrFN2O/c1-13(12(16)18,17-7-8-2-3-8)10-5-4-9(14)6-11(10)15/h4-6,8,17H,2-3,7H2,1H3,(H2,16,18). The molecule has 98 valence electrons. The first kappa shape index (κ1) is 13.5. The molecule has 1 aliphatic rings. The van der Waals surface area contributed by atoms with E-state index in [9.17, 15) is 9.18 Å². The highest BCUT2D eigenvalue weighted by Gasteiger charge is 2.37. The van der Waals surface area contributed by atoms with E-state index in [2.05, 4.69) is 21.2 Å². The molecule has 0 heterocycles. The predicted octanol–water partition coefficient (Wildman–Crippen LogP) is 2.29. The van der Waals surface area contributed by atoms with E-state index in [1.807, 2.05) is 0 Å². The second-order valence-electron chi connectivity index (χ2n) is 4.94. The Morgan fingerprint density at radius 3 is 2.78 bits per heavy atom.